The lowest BCUT2D eigenvalue weighted by Gasteiger charge is -1.97. The predicted molar refractivity (Wildman–Crippen MR) is 51.1 cm³/mol. The smallest absolute Gasteiger partial charge is 0.181 e. The first-order valence-corrected chi connectivity index (χ1v) is 4.03. The van der Waals surface area contributed by atoms with Gasteiger partial charge in [0.2, 0.25) is 0 Å². The molecule has 2 N–H and O–H groups in total. The van der Waals surface area contributed by atoms with Crippen molar-refractivity contribution in [3.05, 3.63) is 36.4 Å². The molecule has 3 nitrogen and oxygen atoms in total. The van der Waals surface area contributed by atoms with Crippen LogP contribution in [0.2, 0.25) is 0 Å². The van der Waals surface area contributed by atoms with Crippen LogP contribution in [-0.2, 0) is 0 Å². The molecule has 0 saturated carbocycles. The van der Waals surface area contributed by atoms with Crippen LogP contribution in [0.3, 0.4) is 0 Å². The Kier molecular flexibility index (Phi) is 1.77. The molecule has 0 aliphatic rings. The largest absolute Gasteiger partial charge is 0.443 e. The second kappa shape index (κ2) is 2.94. The zero-order valence-electron chi connectivity index (χ0n) is 7.32. The monoisotopic (exact) mass is 174 g/mol. The molecular weight excluding hydrogens is 164 g/mol. The van der Waals surface area contributed by atoms with E-state index >= 15 is 0 Å². The van der Waals surface area contributed by atoms with Crippen molar-refractivity contribution in [3.8, 4) is 11.3 Å². The lowest BCUT2D eigenvalue weighted by Crippen LogP contribution is -1.84. The van der Waals surface area contributed by atoms with Crippen molar-refractivity contribution in [1.82, 2.24) is 4.98 Å². The van der Waals surface area contributed by atoms with Gasteiger partial charge in [-0.05, 0) is 31.2 Å². The van der Waals surface area contributed by atoms with E-state index in [1.165, 1.54) is 6.39 Å². The molecule has 0 aliphatic carbocycles. The van der Waals surface area contributed by atoms with E-state index < -0.39 is 0 Å². The molecule has 0 spiro atoms. The van der Waals surface area contributed by atoms with Crippen LogP contribution in [0.4, 0.5) is 5.69 Å². The zero-order chi connectivity index (χ0) is 9.26. The fourth-order valence-corrected chi connectivity index (χ4v) is 1.21. The normalized spacial score (nSPS) is 10.2. The summed E-state index contributed by atoms with van der Waals surface area (Å²) < 4.78 is 5.24. The summed E-state index contributed by atoms with van der Waals surface area (Å²) in [5.41, 5.74) is 8.22. The van der Waals surface area contributed by atoms with Crippen molar-refractivity contribution in [2.75, 3.05) is 5.73 Å². The summed E-state index contributed by atoms with van der Waals surface area (Å²) in [5, 5.41) is 0. The lowest BCUT2D eigenvalue weighted by molar-refractivity contribution is 0.571. The van der Waals surface area contributed by atoms with E-state index in [2.05, 4.69) is 4.98 Å². The van der Waals surface area contributed by atoms with E-state index in [1.54, 1.807) is 0 Å². The molecule has 0 aliphatic heterocycles. The minimum absolute atomic E-state index is 0.751. The van der Waals surface area contributed by atoms with E-state index in [1.807, 2.05) is 31.2 Å². The Labute approximate surface area is 76.2 Å². The predicted octanol–water partition coefficient (Wildman–Crippen LogP) is 2.23. The number of nitrogen functional groups attached to an aromatic ring is 1. The van der Waals surface area contributed by atoms with Crippen molar-refractivity contribution < 1.29 is 4.42 Å². The molecule has 66 valence electrons. The summed E-state index contributed by atoms with van der Waals surface area (Å²) in [6.07, 6.45) is 1.45. The summed E-state index contributed by atoms with van der Waals surface area (Å²) in [7, 11) is 0. The molecule has 1 heterocycles. The molecule has 0 radical (unpaired) electrons. The molecule has 0 saturated heterocycles. The number of aromatic nitrogens is 1. The van der Waals surface area contributed by atoms with Gasteiger partial charge in [-0.2, -0.15) is 0 Å². The highest BCUT2D eigenvalue weighted by molar-refractivity contribution is 5.61. The quantitative estimate of drug-likeness (QED) is 0.674. The number of benzene rings is 1. The molecule has 0 fully saturated rings. The molecule has 0 unspecified atom stereocenters. The van der Waals surface area contributed by atoms with Crippen molar-refractivity contribution in [2.45, 2.75) is 6.92 Å². The second-order valence-electron chi connectivity index (χ2n) is 2.89. The molecule has 1 aromatic heterocycles. The number of rotatable bonds is 1. The van der Waals surface area contributed by atoms with Gasteiger partial charge in [0, 0.05) is 11.3 Å². The Morgan fingerprint density at radius 3 is 2.46 bits per heavy atom. The van der Waals surface area contributed by atoms with Crippen LogP contribution < -0.4 is 5.73 Å². The topological polar surface area (TPSA) is 52.0 Å². The maximum Gasteiger partial charge on any atom is 0.181 e. The van der Waals surface area contributed by atoms with Gasteiger partial charge in [0.15, 0.2) is 12.2 Å². The number of nitrogens with zero attached hydrogens (tertiary/aromatic N) is 1. The Morgan fingerprint density at radius 2 is 1.92 bits per heavy atom. The number of aryl methyl sites for hydroxylation is 1. The van der Waals surface area contributed by atoms with Crippen LogP contribution in [0, 0.1) is 6.92 Å². The van der Waals surface area contributed by atoms with E-state index in [0.717, 1.165) is 22.7 Å². The first-order chi connectivity index (χ1) is 6.27. The van der Waals surface area contributed by atoms with Crippen LogP contribution in [0.25, 0.3) is 11.3 Å². The van der Waals surface area contributed by atoms with Gasteiger partial charge in [-0.25, -0.2) is 4.98 Å². The van der Waals surface area contributed by atoms with Gasteiger partial charge in [0.05, 0.1) is 5.69 Å². The van der Waals surface area contributed by atoms with Gasteiger partial charge < -0.3 is 10.2 Å². The van der Waals surface area contributed by atoms with Crippen LogP contribution in [0.1, 0.15) is 5.69 Å². The Bertz CT molecular complexity index is 403. The minimum Gasteiger partial charge on any atom is -0.443 e. The van der Waals surface area contributed by atoms with E-state index in [-0.39, 0.29) is 0 Å². The first-order valence-electron chi connectivity index (χ1n) is 4.03. The van der Waals surface area contributed by atoms with Gasteiger partial charge in [0.25, 0.3) is 0 Å². The Balaban J connectivity index is 2.47. The van der Waals surface area contributed by atoms with Crippen molar-refractivity contribution in [1.29, 1.82) is 0 Å². The van der Waals surface area contributed by atoms with E-state index in [9.17, 15) is 0 Å². The van der Waals surface area contributed by atoms with Crippen molar-refractivity contribution >= 4 is 5.69 Å². The third kappa shape index (κ3) is 1.40. The highest BCUT2D eigenvalue weighted by atomic mass is 16.3. The molecule has 0 atom stereocenters. The summed E-state index contributed by atoms with van der Waals surface area (Å²) in [5.74, 6) is 0.806. The molecule has 1 aromatic carbocycles. The number of nitrogens with two attached hydrogens (primary N) is 1. The van der Waals surface area contributed by atoms with Gasteiger partial charge in [-0.3, -0.25) is 0 Å². The van der Waals surface area contributed by atoms with E-state index in [4.69, 9.17) is 10.2 Å². The Hall–Kier alpha value is -1.77. The lowest BCUT2D eigenvalue weighted by atomic mass is 10.1. The summed E-state index contributed by atoms with van der Waals surface area (Å²) in [6.45, 7) is 1.91. The number of anilines is 1. The Morgan fingerprint density at radius 1 is 1.23 bits per heavy atom. The fourth-order valence-electron chi connectivity index (χ4n) is 1.21. The maximum atomic E-state index is 5.57. The molecule has 0 bridgehead atoms. The van der Waals surface area contributed by atoms with E-state index in [0.29, 0.717) is 0 Å². The van der Waals surface area contributed by atoms with Gasteiger partial charge in [-0.1, -0.05) is 0 Å². The zero-order valence-corrected chi connectivity index (χ0v) is 7.32. The molecule has 0 amide bonds. The molecular formula is C10H10N2O. The SMILES string of the molecule is Cc1ncoc1-c1ccc(N)cc1. The molecule has 2 aromatic rings. The van der Waals surface area contributed by atoms with Crippen LogP contribution in [0.15, 0.2) is 35.1 Å². The van der Waals surface area contributed by atoms with Gasteiger partial charge >= 0.3 is 0 Å². The summed E-state index contributed by atoms with van der Waals surface area (Å²) >= 11 is 0. The number of oxazole rings is 1. The maximum absolute atomic E-state index is 5.57. The summed E-state index contributed by atoms with van der Waals surface area (Å²) in [6, 6.07) is 7.53. The van der Waals surface area contributed by atoms with Crippen molar-refractivity contribution in [3.63, 3.8) is 0 Å². The summed E-state index contributed by atoms with van der Waals surface area (Å²) in [4.78, 5) is 4.02. The highest BCUT2D eigenvalue weighted by Crippen LogP contribution is 2.22. The average molecular weight is 174 g/mol. The second-order valence-corrected chi connectivity index (χ2v) is 2.89. The third-order valence-electron chi connectivity index (χ3n) is 1.92. The van der Waals surface area contributed by atoms with Crippen LogP contribution in [0.5, 0.6) is 0 Å². The standard InChI is InChI=1S/C10H10N2O/c1-7-10(13-6-12-7)8-2-4-9(11)5-3-8/h2-6H,11H2,1H3. The highest BCUT2D eigenvalue weighted by Gasteiger charge is 2.05. The molecule has 13 heavy (non-hydrogen) atoms. The third-order valence-corrected chi connectivity index (χ3v) is 1.92. The molecule has 2 rings (SSSR count). The minimum atomic E-state index is 0.751. The first kappa shape index (κ1) is 7.86. The van der Waals surface area contributed by atoms with Crippen molar-refractivity contribution in [2.24, 2.45) is 0 Å². The molecule has 3 heteroatoms. The fraction of sp³-hybridized carbons (Fsp3) is 0.100. The number of hydrogen-bond acceptors (Lipinski definition) is 3. The van der Waals surface area contributed by atoms with Crippen LogP contribution >= 0.6 is 0 Å². The number of hydrogen-bond donors (Lipinski definition) is 1. The average Bonchev–Trinajstić information content (AvgIpc) is 2.53. The van der Waals surface area contributed by atoms with Gasteiger partial charge in [-0.15, -0.1) is 0 Å². The van der Waals surface area contributed by atoms with Gasteiger partial charge in [0.1, 0.15) is 0 Å². The van der Waals surface area contributed by atoms with Crippen LogP contribution in [-0.4, -0.2) is 4.98 Å².